The van der Waals surface area contributed by atoms with Gasteiger partial charge in [0.1, 0.15) is 0 Å². The Hall–Kier alpha value is -1.32. The summed E-state index contributed by atoms with van der Waals surface area (Å²) in [6.45, 7) is 10.5. The highest BCUT2D eigenvalue weighted by Crippen LogP contribution is 2.21. The van der Waals surface area contributed by atoms with Crippen LogP contribution in [0.4, 0.5) is 0 Å². The Kier molecular flexibility index (Phi) is 4.51. The minimum Gasteiger partial charge on any atom is -0.380 e. The molecule has 1 unspecified atom stereocenters. The second-order valence-corrected chi connectivity index (χ2v) is 6.47. The molecule has 3 heteroatoms. The summed E-state index contributed by atoms with van der Waals surface area (Å²) in [6, 6.07) is 8.72. The fraction of sp³-hybridized carbons (Fsp3) is 0.529. The Bertz CT molecular complexity index is 566. The van der Waals surface area contributed by atoms with E-state index in [1.54, 1.807) is 7.11 Å². The normalized spacial score (nSPS) is 13.8. The van der Waals surface area contributed by atoms with Crippen LogP contribution in [0.25, 0.3) is 10.9 Å². The van der Waals surface area contributed by atoms with Crippen molar-refractivity contribution < 1.29 is 4.74 Å². The molecule has 3 nitrogen and oxygen atoms in total. The van der Waals surface area contributed by atoms with Crippen molar-refractivity contribution >= 4 is 10.9 Å². The summed E-state index contributed by atoms with van der Waals surface area (Å²) >= 11 is 0. The first-order valence-electron chi connectivity index (χ1n) is 7.25. The van der Waals surface area contributed by atoms with Crippen LogP contribution in [0.1, 0.15) is 33.3 Å². The predicted octanol–water partition coefficient (Wildman–Crippen LogP) is 3.56. The average Bonchev–Trinajstić information content (AvgIpc) is 2.79. The van der Waals surface area contributed by atoms with Crippen LogP contribution in [0.15, 0.2) is 30.5 Å². The van der Waals surface area contributed by atoms with Gasteiger partial charge < -0.3 is 14.6 Å². The van der Waals surface area contributed by atoms with E-state index in [4.69, 9.17) is 4.74 Å². The van der Waals surface area contributed by atoms with E-state index >= 15 is 0 Å². The van der Waals surface area contributed by atoms with Crippen LogP contribution < -0.4 is 5.32 Å². The van der Waals surface area contributed by atoms with Gasteiger partial charge >= 0.3 is 0 Å². The van der Waals surface area contributed by atoms with Crippen molar-refractivity contribution in [3.05, 3.63) is 36.0 Å². The standard InChI is InChI=1S/C17H26N2O/c1-13(20-5)12-19-10-9-15-14(7-6-8-16(15)19)11-18-17(2,3)4/h6-10,13,18H,11-12H2,1-5H3. The minimum absolute atomic E-state index is 0.134. The summed E-state index contributed by atoms with van der Waals surface area (Å²) < 4.78 is 7.63. The number of rotatable bonds is 5. The number of aromatic nitrogens is 1. The van der Waals surface area contributed by atoms with E-state index in [1.165, 1.54) is 16.5 Å². The number of methoxy groups -OCH3 is 1. The molecule has 0 aliphatic carbocycles. The van der Waals surface area contributed by atoms with Gasteiger partial charge in [0.2, 0.25) is 0 Å². The van der Waals surface area contributed by atoms with Crippen molar-refractivity contribution in [1.29, 1.82) is 0 Å². The minimum atomic E-state index is 0.134. The lowest BCUT2D eigenvalue weighted by molar-refractivity contribution is 0.104. The Morgan fingerprint density at radius 3 is 2.65 bits per heavy atom. The van der Waals surface area contributed by atoms with E-state index < -0.39 is 0 Å². The van der Waals surface area contributed by atoms with Crippen LogP contribution in [-0.2, 0) is 17.8 Å². The second-order valence-electron chi connectivity index (χ2n) is 6.47. The van der Waals surface area contributed by atoms with Crippen molar-refractivity contribution in [2.45, 2.75) is 52.4 Å². The van der Waals surface area contributed by atoms with Gasteiger partial charge in [0.15, 0.2) is 0 Å². The van der Waals surface area contributed by atoms with Gasteiger partial charge in [-0.3, -0.25) is 0 Å². The summed E-state index contributed by atoms with van der Waals surface area (Å²) in [7, 11) is 1.76. The van der Waals surface area contributed by atoms with Gasteiger partial charge in [-0.2, -0.15) is 0 Å². The van der Waals surface area contributed by atoms with Crippen LogP contribution >= 0.6 is 0 Å². The van der Waals surface area contributed by atoms with Gasteiger partial charge in [0, 0.05) is 42.8 Å². The van der Waals surface area contributed by atoms with Gasteiger partial charge in [-0.1, -0.05) is 12.1 Å². The lowest BCUT2D eigenvalue weighted by atomic mass is 10.1. The van der Waals surface area contributed by atoms with Crippen molar-refractivity contribution in [3.8, 4) is 0 Å². The molecular weight excluding hydrogens is 248 g/mol. The third-order valence-corrected chi connectivity index (χ3v) is 3.57. The maximum Gasteiger partial charge on any atom is 0.0722 e. The van der Waals surface area contributed by atoms with Crippen LogP contribution in [-0.4, -0.2) is 23.3 Å². The molecule has 0 fully saturated rings. The number of hydrogen-bond donors (Lipinski definition) is 1. The third kappa shape index (κ3) is 3.62. The number of nitrogens with zero attached hydrogens (tertiary/aromatic N) is 1. The molecule has 0 bridgehead atoms. The van der Waals surface area contributed by atoms with Crippen molar-refractivity contribution in [2.24, 2.45) is 0 Å². The smallest absolute Gasteiger partial charge is 0.0722 e. The maximum atomic E-state index is 5.36. The van der Waals surface area contributed by atoms with Crippen LogP contribution in [0, 0.1) is 0 Å². The first-order chi connectivity index (χ1) is 9.40. The Balaban J connectivity index is 2.25. The molecule has 1 heterocycles. The molecule has 0 aliphatic rings. The Labute approximate surface area is 121 Å². The Morgan fingerprint density at radius 2 is 2.00 bits per heavy atom. The van der Waals surface area contributed by atoms with Gasteiger partial charge in [-0.25, -0.2) is 0 Å². The molecule has 20 heavy (non-hydrogen) atoms. The van der Waals surface area contributed by atoms with Crippen LogP contribution in [0.2, 0.25) is 0 Å². The van der Waals surface area contributed by atoms with E-state index in [9.17, 15) is 0 Å². The van der Waals surface area contributed by atoms with E-state index in [1.807, 2.05) is 0 Å². The SMILES string of the molecule is COC(C)Cn1ccc2c(CNC(C)(C)C)cccc21. The second kappa shape index (κ2) is 5.98. The number of fused-ring (bicyclic) bond motifs is 1. The summed E-state index contributed by atoms with van der Waals surface area (Å²) in [5.41, 5.74) is 2.76. The largest absolute Gasteiger partial charge is 0.380 e. The fourth-order valence-corrected chi connectivity index (χ4v) is 2.31. The van der Waals surface area contributed by atoms with E-state index in [2.05, 4.69) is 68.0 Å². The van der Waals surface area contributed by atoms with Gasteiger partial charge in [-0.05, 0) is 45.4 Å². The van der Waals surface area contributed by atoms with Gasteiger partial charge in [-0.15, -0.1) is 0 Å². The maximum absolute atomic E-state index is 5.36. The highest BCUT2D eigenvalue weighted by Gasteiger charge is 2.11. The number of ether oxygens (including phenoxy) is 1. The number of hydrogen-bond acceptors (Lipinski definition) is 2. The van der Waals surface area contributed by atoms with E-state index in [0.29, 0.717) is 0 Å². The van der Waals surface area contributed by atoms with Gasteiger partial charge in [0.25, 0.3) is 0 Å². The quantitative estimate of drug-likeness (QED) is 0.902. The van der Waals surface area contributed by atoms with E-state index in [0.717, 1.165) is 13.1 Å². The fourth-order valence-electron chi connectivity index (χ4n) is 2.31. The van der Waals surface area contributed by atoms with Crippen LogP contribution in [0.5, 0.6) is 0 Å². The zero-order valence-corrected chi connectivity index (χ0v) is 13.2. The molecule has 0 saturated carbocycles. The molecule has 2 rings (SSSR count). The topological polar surface area (TPSA) is 26.2 Å². The zero-order chi connectivity index (χ0) is 14.8. The van der Waals surface area contributed by atoms with E-state index in [-0.39, 0.29) is 11.6 Å². The summed E-state index contributed by atoms with van der Waals surface area (Å²) in [5, 5.41) is 4.88. The lowest BCUT2D eigenvalue weighted by Gasteiger charge is -2.21. The summed E-state index contributed by atoms with van der Waals surface area (Å²) in [6.07, 6.45) is 2.38. The molecule has 1 atom stereocenters. The highest BCUT2D eigenvalue weighted by molar-refractivity contribution is 5.83. The molecule has 1 N–H and O–H groups in total. The van der Waals surface area contributed by atoms with Crippen molar-refractivity contribution in [1.82, 2.24) is 9.88 Å². The molecule has 0 radical (unpaired) electrons. The Morgan fingerprint density at radius 1 is 1.25 bits per heavy atom. The number of nitrogens with one attached hydrogen (secondary N) is 1. The third-order valence-electron chi connectivity index (χ3n) is 3.57. The molecule has 1 aromatic heterocycles. The molecule has 0 saturated heterocycles. The summed E-state index contributed by atoms with van der Waals surface area (Å²) in [5.74, 6) is 0. The van der Waals surface area contributed by atoms with Gasteiger partial charge in [0.05, 0.1) is 6.10 Å². The number of benzene rings is 1. The molecular formula is C17H26N2O. The van der Waals surface area contributed by atoms with Crippen molar-refractivity contribution in [3.63, 3.8) is 0 Å². The monoisotopic (exact) mass is 274 g/mol. The molecule has 0 spiro atoms. The first-order valence-corrected chi connectivity index (χ1v) is 7.25. The van der Waals surface area contributed by atoms with Crippen molar-refractivity contribution in [2.75, 3.05) is 7.11 Å². The molecule has 0 amide bonds. The molecule has 1 aromatic carbocycles. The van der Waals surface area contributed by atoms with Crippen LogP contribution in [0.3, 0.4) is 0 Å². The highest BCUT2D eigenvalue weighted by atomic mass is 16.5. The zero-order valence-electron chi connectivity index (χ0n) is 13.2. The average molecular weight is 274 g/mol. The predicted molar refractivity (Wildman–Crippen MR) is 85.0 cm³/mol. The molecule has 110 valence electrons. The lowest BCUT2D eigenvalue weighted by Crippen LogP contribution is -2.35. The summed E-state index contributed by atoms with van der Waals surface area (Å²) in [4.78, 5) is 0. The first kappa shape index (κ1) is 15.1. The molecule has 2 aromatic rings. The molecule has 0 aliphatic heterocycles.